The number of hydrogen-bond donors (Lipinski definition) is 1. The fraction of sp³-hybridized carbons (Fsp3) is 0.188. The van der Waals surface area contributed by atoms with Crippen LogP contribution in [-0.2, 0) is 4.74 Å². The number of esters is 1. The quantitative estimate of drug-likeness (QED) is 0.659. The van der Waals surface area contributed by atoms with Crippen LogP contribution >= 0.6 is 15.9 Å². The molecule has 0 unspecified atom stereocenters. The Hall–Kier alpha value is -2.01. The fourth-order valence-electron chi connectivity index (χ4n) is 1.83. The Bertz CT molecular complexity index is 671. The summed E-state index contributed by atoms with van der Waals surface area (Å²) in [5.74, 6) is 0.831. The van der Waals surface area contributed by atoms with Crippen LogP contribution in [0.3, 0.4) is 0 Å². The topological polar surface area (TPSA) is 61.5 Å². The fourth-order valence-corrected chi connectivity index (χ4v) is 2.30. The Morgan fingerprint density at radius 2 is 1.90 bits per heavy atom. The van der Waals surface area contributed by atoms with Crippen molar-refractivity contribution >= 4 is 27.6 Å². The van der Waals surface area contributed by atoms with Gasteiger partial charge in [-0.25, -0.2) is 4.79 Å². The molecule has 0 fully saturated rings. The molecule has 2 rings (SSSR count). The van der Waals surface area contributed by atoms with E-state index < -0.39 is 5.97 Å². The van der Waals surface area contributed by atoms with Gasteiger partial charge in [-0.05, 0) is 55.8 Å². The van der Waals surface area contributed by atoms with E-state index in [-0.39, 0.29) is 0 Å². The Morgan fingerprint density at radius 3 is 2.52 bits per heavy atom. The van der Waals surface area contributed by atoms with Crippen LogP contribution in [-0.4, -0.2) is 12.6 Å². The standard InChI is InChI=1S/C16H16BrNO3/c1-3-20-16(19)11-4-6-15(13(18)9-11)21-14-7-5-12(17)8-10(14)2/h4-9H,3,18H2,1-2H3. The second-order valence-electron chi connectivity index (χ2n) is 4.48. The number of carbonyl (C=O) groups is 1. The number of nitrogen functional groups attached to an aromatic ring is 1. The minimum atomic E-state index is -0.393. The third kappa shape index (κ3) is 3.76. The van der Waals surface area contributed by atoms with E-state index in [1.54, 1.807) is 25.1 Å². The lowest BCUT2D eigenvalue weighted by atomic mass is 10.2. The van der Waals surface area contributed by atoms with Crippen LogP contribution in [0.25, 0.3) is 0 Å². The van der Waals surface area contributed by atoms with Gasteiger partial charge in [0.25, 0.3) is 0 Å². The number of carbonyl (C=O) groups excluding carboxylic acids is 1. The molecule has 0 aliphatic heterocycles. The number of aryl methyl sites for hydroxylation is 1. The molecule has 21 heavy (non-hydrogen) atoms. The third-order valence-corrected chi connectivity index (χ3v) is 3.37. The first-order chi connectivity index (χ1) is 10.0. The summed E-state index contributed by atoms with van der Waals surface area (Å²) in [6, 6.07) is 10.6. The molecular formula is C16H16BrNO3. The summed E-state index contributed by atoms with van der Waals surface area (Å²) < 4.78 is 11.7. The second-order valence-corrected chi connectivity index (χ2v) is 5.40. The molecular weight excluding hydrogens is 334 g/mol. The number of ether oxygens (including phenoxy) is 2. The summed E-state index contributed by atoms with van der Waals surface area (Å²) in [5.41, 5.74) is 7.73. The molecule has 0 aromatic heterocycles. The average molecular weight is 350 g/mol. The highest BCUT2D eigenvalue weighted by atomic mass is 79.9. The monoisotopic (exact) mass is 349 g/mol. The molecule has 0 amide bonds. The van der Waals surface area contributed by atoms with Crippen molar-refractivity contribution in [3.8, 4) is 11.5 Å². The minimum Gasteiger partial charge on any atom is -0.462 e. The zero-order chi connectivity index (χ0) is 15.4. The highest BCUT2D eigenvalue weighted by molar-refractivity contribution is 9.10. The summed E-state index contributed by atoms with van der Waals surface area (Å²) in [4.78, 5) is 11.6. The van der Waals surface area contributed by atoms with E-state index in [1.165, 1.54) is 0 Å². The van der Waals surface area contributed by atoms with Gasteiger partial charge in [0, 0.05) is 4.47 Å². The van der Waals surface area contributed by atoms with E-state index in [1.807, 2.05) is 25.1 Å². The second kappa shape index (κ2) is 6.63. The van der Waals surface area contributed by atoms with E-state index in [9.17, 15) is 4.79 Å². The summed E-state index contributed by atoms with van der Waals surface area (Å²) in [6.45, 7) is 4.04. The Labute approximate surface area is 132 Å². The molecule has 0 radical (unpaired) electrons. The van der Waals surface area contributed by atoms with Gasteiger partial charge in [0.1, 0.15) is 11.5 Å². The van der Waals surface area contributed by atoms with Gasteiger partial charge >= 0.3 is 5.97 Å². The molecule has 2 aromatic rings. The van der Waals surface area contributed by atoms with E-state index in [0.29, 0.717) is 29.4 Å². The Kier molecular flexibility index (Phi) is 4.85. The van der Waals surface area contributed by atoms with Crippen molar-refractivity contribution in [1.82, 2.24) is 0 Å². The first kappa shape index (κ1) is 15.4. The van der Waals surface area contributed by atoms with Gasteiger partial charge in [0.05, 0.1) is 17.9 Å². The Balaban J connectivity index is 2.23. The first-order valence-electron chi connectivity index (χ1n) is 6.52. The molecule has 0 spiro atoms. The molecule has 0 heterocycles. The maximum Gasteiger partial charge on any atom is 0.338 e. The molecule has 0 bridgehead atoms. The number of anilines is 1. The van der Waals surface area contributed by atoms with Gasteiger partial charge in [0.15, 0.2) is 0 Å². The van der Waals surface area contributed by atoms with Crippen LogP contribution in [0.15, 0.2) is 40.9 Å². The predicted molar refractivity (Wildman–Crippen MR) is 85.8 cm³/mol. The molecule has 0 saturated heterocycles. The number of benzene rings is 2. The lowest BCUT2D eigenvalue weighted by molar-refractivity contribution is 0.0526. The highest BCUT2D eigenvalue weighted by Gasteiger charge is 2.11. The molecule has 4 nitrogen and oxygen atoms in total. The molecule has 110 valence electrons. The summed E-state index contributed by atoms with van der Waals surface area (Å²) in [5, 5.41) is 0. The van der Waals surface area contributed by atoms with Gasteiger partial charge < -0.3 is 15.2 Å². The van der Waals surface area contributed by atoms with E-state index in [0.717, 1.165) is 10.0 Å². The smallest absolute Gasteiger partial charge is 0.338 e. The average Bonchev–Trinajstić information content (AvgIpc) is 2.44. The SMILES string of the molecule is CCOC(=O)c1ccc(Oc2ccc(Br)cc2C)c(N)c1. The largest absolute Gasteiger partial charge is 0.462 e. The van der Waals surface area contributed by atoms with Crippen LogP contribution in [0.4, 0.5) is 5.69 Å². The minimum absolute atomic E-state index is 0.328. The molecule has 0 saturated carbocycles. The lowest BCUT2D eigenvalue weighted by Crippen LogP contribution is -2.05. The maximum absolute atomic E-state index is 11.6. The van der Waals surface area contributed by atoms with Crippen LogP contribution < -0.4 is 10.5 Å². The van der Waals surface area contributed by atoms with Crippen LogP contribution in [0.2, 0.25) is 0 Å². The zero-order valence-corrected chi connectivity index (χ0v) is 13.4. The van der Waals surface area contributed by atoms with E-state index in [4.69, 9.17) is 15.2 Å². The maximum atomic E-state index is 11.6. The summed E-state index contributed by atoms with van der Waals surface area (Å²) in [7, 11) is 0. The first-order valence-corrected chi connectivity index (χ1v) is 7.31. The Morgan fingerprint density at radius 1 is 1.19 bits per heavy atom. The molecule has 0 aliphatic rings. The van der Waals surface area contributed by atoms with E-state index >= 15 is 0 Å². The van der Waals surface area contributed by atoms with Gasteiger partial charge in [-0.2, -0.15) is 0 Å². The normalized spacial score (nSPS) is 10.2. The van der Waals surface area contributed by atoms with Crippen LogP contribution in [0.1, 0.15) is 22.8 Å². The number of rotatable bonds is 4. The van der Waals surface area contributed by atoms with Crippen LogP contribution in [0, 0.1) is 6.92 Å². The van der Waals surface area contributed by atoms with Crippen molar-refractivity contribution in [3.05, 3.63) is 52.0 Å². The van der Waals surface area contributed by atoms with Gasteiger partial charge in [-0.1, -0.05) is 15.9 Å². The number of nitrogens with two attached hydrogens (primary N) is 1. The van der Waals surface area contributed by atoms with Crippen LogP contribution in [0.5, 0.6) is 11.5 Å². The van der Waals surface area contributed by atoms with Crippen molar-refractivity contribution in [2.45, 2.75) is 13.8 Å². The molecule has 2 aromatic carbocycles. The third-order valence-electron chi connectivity index (χ3n) is 2.88. The van der Waals surface area contributed by atoms with Gasteiger partial charge in [-0.15, -0.1) is 0 Å². The molecule has 2 N–H and O–H groups in total. The van der Waals surface area contributed by atoms with Gasteiger partial charge in [-0.3, -0.25) is 0 Å². The molecule has 5 heteroatoms. The van der Waals surface area contributed by atoms with Crippen molar-refractivity contribution in [2.75, 3.05) is 12.3 Å². The molecule has 0 aliphatic carbocycles. The van der Waals surface area contributed by atoms with E-state index in [2.05, 4.69) is 15.9 Å². The summed E-state index contributed by atoms with van der Waals surface area (Å²) >= 11 is 3.40. The predicted octanol–water partition coefficient (Wildman–Crippen LogP) is 4.31. The van der Waals surface area contributed by atoms with Crippen molar-refractivity contribution in [1.29, 1.82) is 0 Å². The lowest BCUT2D eigenvalue weighted by Gasteiger charge is -2.12. The summed E-state index contributed by atoms with van der Waals surface area (Å²) in [6.07, 6.45) is 0. The van der Waals surface area contributed by atoms with Gasteiger partial charge in [0.2, 0.25) is 0 Å². The molecule has 0 atom stereocenters. The van der Waals surface area contributed by atoms with Crippen molar-refractivity contribution < 1.29 is 14.3 Å². The number of halogens is 1. The number of hydrogen-bond acceptors (Lipinski definition) is 4. The highest BCUT2D eigenvalue weighted by Crippen LogP contribution is 2.31. The zero-order valence-electron chi connectivity index (χ0n) is 11.9. The van der Waals surface area contributed by atoms with Crippen molar-refractivity contribution in [2.24, 2.45) is 0 Å². The van der Waals surface area contributed by atoms with Crippen molar-refractivity contribution in [3.63, 3.8) is 0 Å².